The van der Waals surface area contributed by atoms with Crippen molar-refractivity contribution in [2.24, 2.45) is 4.36 Å². The number of carbonyl (C=O) groups is 1. The Morgan fingerprint density at radius 3 is 2.71 bits per heavy atom. The summed E-state index contributed by atoms with van der Waals surface area (Å²) in [4.78, 5) is 20.5. The Labute approximate surface area is 205 Å². The first-order chi connectivity index (χ1) is 16.3. The van der Waals surface area contributed by atoms with E-state index in [1.54, 1.807) is 37.3 Å². The normalized spacial score (nSPS) is 12.9. The molecule has 1 unspecified atom stereocenters. The molecule has 0 aliphatic carbocycles. The average molecular weight is 553 g/mol. The number of nitrogens with one attached hydrogen (secondary N) is 1. The number of benzene rings is 2. The van der Waals surface area contributed by atoms with Gasteiger partial charge < -0.3 is 25.0 Å². The molecule has 0 radical (unpaired) electrons. The third kappa shape index (κ3) is 6.41. The van der Waals surface area contributed by atoms with Crippen molar-refractivity contribution in [3.05, 3.63) is 52.8 Å². The molecule has 3 rings (SSSR count). The van der Waals surface area contributed by atoms with Gasteiger partial charge in [0.25, 0.3) is 0 Å². The van der Waals surface area contributed by atoms with Crippen molar-refractivity contribution < 1.29 is 28.7 Å². The number of fused-ring (bicyclic) bond motifs is 1. The zero-order valence-electron chi connectivity index (χ0n) is 18.6. The van der Waals surface area contributed by atoms with Gasteiger partial charge in [-0.3, -0.25) is 0 Å². The maximum atomic E-state index is 12.9. The fraction of sp³-hybridized carbons (Fsp3) is 0.318. The van der Waals surface area contributed by atoms with E-state index in [0.29, 0.717) is 31.8 Å². The second-order valence-corrected chi connectivity index (χ2v) is 10.4. The molecule has 3 aromatic rings. The van der Waals surface area contributed by atoms with Crippen LogP contribution in [0.5, 0.6) is 5.75 Å². The van der Waals surface area contributed by atoms with Gasteiger partial charge in [0.2, 0.25) is 0 Å². The third-order valence-corrected chi connectivity index (χ3v) is 6.96. The zero-order valence-corrected chi connectivity index (χ0v) is 21.0. The van der Waals surface area contributed by atoms with E-state index in [9.17, 15) is 19.2 Å². The molecule has 1 heterocycles. The van der Waals surface area contributed by atoms with Gasteiger partial charge in [0, 0.05) is 22.6 Å². The minimum absolute atomic E-state index is 0.151. The molecule has 1 amide bonds. The summed E-state index contributed by atoms with van der Waals surface area (Å²) in [6.07, 6.45) is 1.90. The Hall–Kier alpha value is -2.80. The van der Waals surface area contributed by atoms with Crippen molar-refractivity contribution >= 4 is 48.5 Å². The molecule has 1 aromatic heterocycles. The smallest absolute Gasteiger partial charge is 0.442 e. The van der Waals surface area contributed by atoms with Crippen LogP contribution >= 0.6 is 15.9 Å². The predicted octanol–water partition coefficient (Wildman–Crippen LogP) is 3.35. The molecule has 1 atom stereocenters. The molecular formula is C22H25BrN4O6S. The highest BCUT2D eigenvalue weighted by atomic mass is 79.9. The number of hydrogen-bond donors (Lipinski definition) is 3. The topological polar surface area (TPSA) is 143 Å². The van der Waals surface area contributed by atoms with Crippen LogP contribution in [0.2, 0.25) is 0 Å². The first-order valence-electron chi connectivity index (χ1n) is 10.3. The molecule has 0 bridgehead atoms. The highest BCUT2D eigenvalue weighted by Gasteiger charge is 2.14. The molecule has 0 aliphatic heterocycles. The van der Waals surface area contributed by atoms with Crippen LogP contribution in [0.25, 0.3) is 10.9 Å². The van der Waals surface area contributed by atoms with Gasteiger partial charge in [-0.2, -0.15) is 0 Å². The molecule has 12 heteroatoms. The first kappa shape index (κ1) is 25.8. The highest BCUT2D eigenvalue weighted by molar-refractivity contribution is 9.10. The van der Waals surface area contributed by atoms with Crippen LogP contribution in [-0.4, -0.2) is 62.6 Å². The van der Waals surface area contributed by atoms with Gasteiger partial charge >= 0.3 is 6.09 Å². The van der Waals surface area contributed by atoms with E-state index in [-0.39, 0.29) is 26.4 Å². The lowest BCUT2D eigenvalue weighted by molar-refractivity contribution is 0.164. The number of aliphatic hydroxyl groups is 2. The van der Waals surface area contributed by atoms with Crippen LogP contribution in [0.3, 0.4) is 0 Å². The van der Waals surface area contributed by atoms with Gasteiger partial charge in [-0.05, 0) is 46.6 Å². The molecule has 0 fully saturated rings. The summed E-state index contributed by atoms with van der Waals surface area (Å²) in [6.45, 7) is 1.47. The molecule has 182 valence electrons. The van der Waals surface area contributed by atoms with Gasteiger partial charge in [-0.25, -0.2) is 19.0 Å². The van der Waals surface area contributed by atoms with E-state index >= 15 is 0 Å². The van der Waals surface area contributed by atoms with Crippen molar-refractivity contribution in [1.29, 1.82) is 0 Å². The molecule has 2 aromatic carbocycles. The number of ether oxygens (including phenoxy) is 2. The van der Waals surface area contributed by atoms with Crippen LogP contribution in [0.4, 0.5) is 10.6 Å². The molecule has 0 aliphatic rings. The summed E-state index contributed by atoms with van der Waals surface area (Å²) >= 11 is 3.49. The Morgan fingerprint density at radius 2 is 2.00 bits per heavy atom. The fourth-order valence-corrected chi connectivity index (χ4v) is 4.60. The number of aliphatic hydroxyl groups excluding tert-OH is 2. The first-order valence-corrected chi connectivity index (χ1v) is 13.0. The maximum Gasteiger partial charge on any atom is 0.442 e. The van der Waals surface area contributed by atoms with E-state index in [0.717, 1.165) is 5.56 Å². The molecule has 0 saturated carbocycles. The lowest BCUT2D eigenvalue weighted by atomic mass is 10.2. The van der Waals surface area contributed by atoms with E-state index < -0.39 is 21.9 Å². The van der Waals surface area contributed by atoms with E-state index in [2.05, 4.69) is 35.6 Å². The summed E-state index contributed by atoms with van der Waals surface area (Å²) in [6, 6.07) is 9.81. The largest absolute Gasteiger partial charge is 0.488 e. The summed E-state index contributed by atoms with van der Waals surface area (Å²) in [5.74, 6) is 0.998. The van der Waals surface area contributed by atoms with Gasteiger partial charge in [-0.15, -0.1) is 4.36 Å². The summed E-state index contributed by atoms with van der Waals surface area (Å²) < 4.78 is 27.9. The van der Waals surface area contributed by atoms with E-state index in [1.807, 2.05) is 6.07 Å². The molecule has 34 heavy (non-hydrogen) atoms. The number of rotatable bonds is 9. The number of anilines is 1. The van der Waals surface area contributed by atoms with Gasteiger partial charge in [-0.1, -0.05) is 12.1 Å². The van der Waals surface area contributed by atoms with Crippen LogP contribution in [0, 0.1) is 0 Å². The van der Waals surface area contributed by atoms with Crippen molar-refractivity contribution in [2.75, 3.05) is 31.4 Å². The second kappa shape index (κ2) is 11.6. The molecule has 0 saturated heterocycles. The zero-order chi connectivity index (χ0) is 24.7. The van der Waals surface area contributed by atoms with Crippen LogP contribution in [-0.2, 0) is 21.1 Å². The molecular weight excluding hydrogens is 528 g/mol. The Morgan fingerprint density at radius 1 is 1.24 bits per heavy atom. The van der Waals surface area contributed by atoms with Gasteiger partial charge in [0.15, 0.2) is 0 Å². The number of halogens is 1. The van der Waals surface area contributed by atoms with Crippen molar-refractivity contribution in [2.45, 2.75) is 24.5 Å². The van der Waals surface area contributed by atoms with E-state index in [1.165, 1.54) is 12.6 Å². The Balaban J connectivity index is 1.82. The van der Waals surface area contributed by atoms with Gasteiger partial charge in [0.1, 0.15) is 24.5 Å². The predicted molar refractivity (Wildman–Crippen MR) is 131 cm³/mol. The number of amides is 1. The quantitative estimate of drug-likeness (QED) is 0.364. The van der Waals surface area contributed by atoms with E-state index in [4.69, 9.17) is 9.47 Å². The summed E-state index contributed by atoms with van der Waals surface area (Å²) in [5, 5.41) is 22.3. The SMILES string of the molecule is CCOC(=O)N=S(C)(=O)c1cccc(COc2cc3ncnc(NC(CO)CO)c3cc2Br)c1. The Kier molecular flexibility index (Phi) is 8.78. The molecule has 3 N–H and O–H groups in total. The van der Waals surface area contributed by atoms with Crippen molar-refractivity contribution in [3.63, 3.8) is 0 Å². The fourth-order valence-electron chi connectivity index (χ4n) is 3.00. The summed E-state index contributed by atoms with van der Waals surface area (Å²) in [5.41, 5.74) is 1.33. The third-order valence-electron chi connectivity index (χ3n) is 4.72. The second-order valence-electron chi connectivity index (χ2n) is 7.26. The summed E-state index contributed by atoms with van der Waals surface area (Å²) in [7, 11) is -2.97. The Bertz CT molecular complexity index is 1290. The molecule has 0 spiro atoms. The van der Waals surface area contributed by atoms with Crippen LogP contribution in [0.15, 0.2) is 56.5 Å². The minimum Gasteiger partial charge on any atom is -0.488 e. The number of nitrogens with zero attached hydrogens (tertiary/aromatic N) is 3. The van der Waals surface area contributed by atoms with Crippen LogP contribution < -0.4 is 10.1 Å². The lowest BCUT2D eigenvalue weighted by Crippen LogP contribution is -2.28. The average Bonchev–Trinajstić information content (AvgIpc) is 2.81. The number of hydrogen-bond acceptors (Lipinski definition) is 9. The molecule has 10 nitrogen and oxygen atoms in total. The highest BCUT2D eigenvalue weighted by Crippen LogP contribution is 2.33. The minimum atomic E-state index is -2.97. The lowest BCUT2D eigenvalue weighted by Gasteiger charge is -2.16. The number of aromatic nitrogens is 2. The maximum absolute atomic E-state index is 12.9. The monoisotopic (exact) mass is 552 g/mol. The van der Waals surface area contributed by atoms with Crippen LogP contribution in [0.1, 0.15) is 12.5 Å². The number of carbonyl (C=O) groups excluding carboxylic acids is 1. The van der Waals surface area contributed by atoms with Gasteiger partial charge in [0.05, 0.1) is 45.6 Å². The van der Waals surface area contributed by atoms with Crippen molar-refractivity contribution in [1.82, 2.24) is 9.97 Å². The van der Waals surface area contributed by atoms with Crippen molar-refractivity contribution in [3.8, 4) is 5.75 Å². The standard InChI is InChI=1S/C22H25BrN4O6S/c1-3-32-22(30)27-34(2,31)16-6-4-5-14(7-16)12-33-20-9-19-17(8-18(20)23)21(25-13-24-19)26-15(10-28)11-29/h4-9,13,15,28-29H,3,10-12H2,1-2H3,(H,24,25,26).